The minimum atomic E-state index is -0.290. The van der Waals surface area contributed by atoms with Crippen LogP contribution in [0.2, 0.25) is 0 Å². The number of rotatable bonds is 8. The molecule has 0 bridgehead atoms. The number of carbonyl (C=O) groups excluding carboxylic acids is 1. The Kier molecular flexibility index (Phi) is 7.42. The van der Waals surface area contributed by atoms with Crippen LogP contribution in [0, 0.1) is 0 Å². The monoisotopic (exact) mass is 485 g/mol. The second kappa shape index (κ2) is 10.2. The fraction of sp³-hybridized carbons (Fsp3) is 0.143. The third-order valence-corrected chi connectivity index (χ3v) is 5.40. The minimum absolute atomic E-state index is 0.0956. The number of allylic oxidation sites excluding steroid dienone is 1. The fourth-order valence-electron chi connectivity index (χ4n) is 2.55. The summed E-state index contributed by atoms with van der Waals surface area (Å²) in [5, 5.41) is 22.8. The molecule has 0 spiro atoms. The first-order chi connectivity index (χ1) is 14.4. The highest BCUT2D eigenvalue weighted by Gasteiger charge is 2.15. The van der Waals surface area contributed by atoms with Gasteiger partial charge in [-0.2, -0.15) is 5.10 Å². The van der Waals surface area contributed by atoms with Gasteiger partial charge in [-0.05, 0) is 31.2 Å². The number of hydrazone groups is 1. The van der Waals surface area contributed by atoms with Crippen molar-refractivity contribution in [2.75, 3.05) is 5.75 Å². The summed E-state index contributed by atoms with van der Waals surface area (Å²) in [6.45, 7) is 6.46. The number of hydrogen-bond acceptors (Lipinski definition) is 6. The van der Waals surface area contributed by atoms with Crippen LogP contribution in [0.1, 0.15) is 12.5 Å². The molecular formula is C21H20BrN5O2S. The van der Waals surface area contributed by atoms with Gasteiger partial charge in [0, 0.05) is 22.1 Å². The normalized spacial score (nSPS) is 11.0. The Balaban J connectivity index is 1.67. The average Bonchev–Trinajstić information content (AvgIpc) is 3.10. The minimum Gasteiger partial charge on any atom is -0.507 e. The van der Waals surface area contributed by atoms with Crippen molar-refractivity contribution in [3.8, 4) is 17.1 Å². The van der Waals surface area contributed by atoms with E-state index in [0.717, 1.165) is 15.6 Å². The van der Waals surface area contributed by atoms with E-state index in [1.165, 1.54) is 18.0 Å². The number of phenols is 1. The van der Waals surface area contributed by atoms with E-state index in [9.17, 15) is 9.90 Å². The van der Waals surface area contributed by atoms with Crippen LogP contribution in [0.25, 0.3) is 11.4 Å². The first-order valence-corrected chi connectivity index (χ1v) is 10.8. The molecule has 2 N–H and O–H groups in total. The van der Waals surface area contributed by atoms with Crippen molar-refractivity contribution in [2.24, 2.45) is 5.10 Å². The number of nitrogens with one attached hydrogen (secondary N) is 1. The van der Waals surface area contributed by atoms with Crippen molar-refractivity contribution in [3.05, 3.63) is 70.7 Å². The zero-order valence-corrected chi connectivity index (χ0v) is 18.7. The summed E-state index contributed by atoms with van der Waals surface area (Å²) in [6, 6.07) is 14.5. The van der Waals surface area contributed by atoms with Gasteiger partial charge in [0.15, 0.2) is 11.0 Å². The quantitative estimate of drug-likeness (QED) is 0.215. The van der Waals surface area contributed by atoms with Crippen LogP contribution in [0.15, 0.2) is 75.4 Å². The van der Waals surface area contributed by atoms with E-state index in [1.807, 2.05) is 35.8 Å². The molecule has 0 atom stereocenters. The van der Waals surface area contributed by atoms with Gasteiger partial charge >= 0.3 is 0 Å². The number of nitrogens with zero attached hydrogens (tertiary/aromatic N) is 4. The van der Waals surface area contributed by atoms with E-state index in [1.54, 1.807) is 24.3 Å². The van der Waals surface area contributed by atoms with Gasteiger partial charge in [-0.1, -0.05) is 64.1 Å². The summed E-state index contributed by atoms with van der Waals surface area (Å²) >= 11 is 4.70. The summed E-state index contributed by atoms with van der Waals surface area (Å²) < 4.78 is 2.92. The number of aromatic nitrogens is 3. The predicted molar refractivity (Wildman–Crippen MR) is 123 cm³/mol. The molecule has 0 aliphatic rings. The van der Waals surface area contributed by atoms with Crippen molar-refractivity contribution in [3.63, 3.8) is 0 Å². The van der Waals surface area contributed by atoms with Gasteiger partial charge in [0.25, 0.3) is 5.91 Å². The number of thioether (sulfide) groups is 1. The molecule has 1 heterocycles. The maximum atomic E-state index is 12.2. The second-order valence-electron chi connectivity index (χ2n) is 6.50. The van der Waals surface area contributed by atoms with Crippen LogP contribution < -0.4 is 5.43 Å². The van der Waals surface area contributed by atoms with Crippen LogP contribution in [0.3, 0.4) is 0 Å². The Hall–Kier alpha value is -2.91. The summed E-state index contributed by atoms with van der Waals surface area (Å²) in [7, 11) is 0. The first-order valence-electron chi connectivity index (χ1n) is 9.00. The molecule has 2 aromatic carbocycles. The highest BCUT2D eigenvalue weighted by atomic mass is 79.9. The van der Waals surface area contributed by atoms with E-state index in [-0.39, 0.29) is 17.4 Å². The van der Waals surface area contributed by atoms with Gasteiger partial charge in [-0.3, -0.25) is 9.36 Å². The number of benzene rings is 2. The molecule has 0 fully saturated rings. The molecule has 0 saturated carbocycles. The maximum Gasteiger partial charge on any atom is 0.250 e. The Morgan fingerprint density at radius 3 is 2.70 bits per heavy atom. The van der Waals surface area contributed by atoms with Gasteiger partial charge < -0.3 is 5.11 Å². The van der Waals surface area contributed by atoms with E-state index in [4.69, 9.17) is 0 Å². The molecule has 0 radical (unpaired) electrons. The highest BCUT2D eigenvalue weighted by Crippen LogP contribution is 2.26. The number of hydrogen-bond donors (Lipinski definition) is 2. The summed E-state index contributed by atoms with van der Waals surface area (Å²) in [6.07, 6.45) is 1.40. The number of amides is 1. The zero-order chi connectivity index (χ0) is 21.5. The molecule has 0 saturated heterocycles. The van der Waals surface area contributed by atoms with Gasteiger partial charge in [0.1, 0.15) is 5.75 Å². The molecule has 9 heteroatoms. The number of halogens is 1. The van der Waals surface area contributed by atoms with E-state index >= 15 is 0 Å². The van der Waals surface area contributed by atoms with Crippen LogP contribution in [0.4, 0.5) is 0 Å². The molecular weight excluding hydrogens is 466 g/mol. The number of phenolic OH excluding ortho intramolecular Hbond substituents is 1. The molecule has 1 amide bonds. The van der Waals surface area contributed by atoms with Crippen LogP contribution in [0.5, 0.6) is 5.75 Å². The number of aromatic hydroxyl groups is 1. The summed E-state index contributed by atoms with van der Waals surface area (Å²) in [5.41, 5.74) is 4.85. The van der Waals surface area contributed by atoms with E-state index in [0.29, 0.717) is 23.1 Å². The lowest BCUT2D eigenvalue weighted by Crippen LogP contribution is -2.20. The summed E-state index contributed by atoms with van der Waals surface area (Å²) in [5.74, 6) is 0.637. The lowest BCUT2D eigenvalue weighted by atomic mass is 10.2. The molecule has 3 aromatic rings. The lowest BCUT2D eigenvalue weighted by Gasteiger charge is -2.10. The molecule has 0 aliphatic heterocycles. The second-order valence-corrected chi connectivity index (χ2v) is 8.36. The largest absolute Gasteiger partial charge is 0.507 e. The van der Waals surface area contributed by atoms with Crippen molar-refractivity contribution < 1.29 is 9.90 Å². The highest BCUT2D eigenvalue weighted by molar-refractivity contribution is 9.10. The van der Waals surface area contributed by atoms with Crippen molar-refractivity contribution in [1.29, 1.82) is 0 Å². The Morgan fingerprint density at radius 1 is 1.27 bits per heavy atom. The van der Waals surface area contributed by atoms with Gasteiger partial charge in [0.2, 0.25) is 0 Å². The molecule has 0 aliphatic carbocycles. The summed E-state index contributed by atoms with van der Waals surface area (Å²) in [4.78, 5) is 12.2. The van der Waals surface area contributed by atoms with Gasteiger partial charge in [-0.25, -0.2) is 5.43 Å². The Bertz CT molecular complexity index is 1080. The van der Waals surface area contributed by atoms with Crippen LogP contribution in [-0.4, -0.2) is 37.7 Å². The van der Waals surface area contributed by atoms with Crippen LogP contribution >= 0.6 is 27.7 Å². The zero-order valence-electron chi connectivity index (χ0n) is 16.2. The first kappa shape index (κ1) is 21.8. The number of carbonyl (C=O) groups is 1. The fourth-order valence-corrected chi connectivity index (χ4v) is 3.55. The van der Waals surface area contributed by atoms with E-state index < -0.39 is 0 Å². The molecule has 154 valence electrons. The predicted octanol–water partition coefficient (Wildman–Crippen LogP) is 4.23. The molecule has 30 heavy (non-hydrogen) atoms. The third-order valence-electron chi connectivity index (χ3n) is 3.91. The van der Waals surface area contributed by atoms with Crippen molar-refractivity contribution in [2.45, 2.75) is 18.6 Å². The molecule has 0 unspecified atom stereocenters. The van der Waals surface area contributed by atoms with Gasteiger partial charge in [0.05, 0.1) is 12.0 Å². The standard InChI is InChI=1S/C21H20BrN5O2S/c1-14(2)12-27-20(15-7-9-17(22)10-8-15)25-26-21(27)30-13-19(29)24-23-11-16-5-3-4-6-18(16)28/h3-11,28H,1,12-13H2,2H3,(H,24,29). The molecule has 7 nitrogen and oxygen atoms in total. The van der Waals surface area contributed by atoms with Crippen LogP contribution in [-0.2, 0) is 11.3 Å². The Morgan fingerprint density at radius 2 is 2.00 bits per heavy atom. The molecule has 1 aromatic heterocycles. The van der Waals surface area contributed by atoms with Crippen molar-refractivity contribution >= 4 is 39.8 Å². The lowest BCUT2D eigenvalue weighted by molar-refractivity contribution is -0.118. The van der Waals surface area contributed by atoms with Gasteiger partial charge in [-0.15, -0.1) is 10.2 Å². The number of para-hydroxylation sites is 1. The topological polar surface area (TPSA) is 92.4 Å². The third kappa shape index (κ3) is 5.80. The smallest absolute Gasteiger partial charge is 0.250 e. The molecule has 3 rings (SSSR count). The maximum absolute atomic E-state index is 12.2. The van der Waals surface area contributed by atoms with E-state index in [2.05, 4.69) is 43.2 Å². The van der Waals surface area contributed by atoms with Crippen molar-refractivity contribution in [1.82, 2.24) is 20.2 Å². The average molecular weight is 486 g/mol. The SMILES string of the molecule is C=C(C)Cn1c(SCC(=O)NN=Cc2ccccc2O)nnc1-c1ccc(Br)cc1. The Labute approximate surface area is 187 Å².